The molecule has 88 valence electrons. The summed E-state index contributed by atoms with van der Waals surface area (Å²) in [5.74, 6) is -0.0862. The molecule has 1 aromatic carbocycles. The summed E-state index contributed by atoms with van der Waals surface area (Å²) in [5, 5.41) is 12.4. The molecule has 0 heterocycles. The average molecular weight is 263 g/mol. The van der Waals surface area contributed by atoms with Gasteiger partial charge in [0.15, 0.2) is 5.84 Å². The molecule has 0 saturated heterocycles. The number of hydrogen-bond donors (Lipinski definition) is 2. The van der Waals surface area contributed by atoms with Crippen LogP contribution in [0.5, 0.6) is 0 Å². The summed E-state index contributed by atoms with van der Waals surface area (Å²) < 4.78 is 5.36. The van der Waals surface area contributed by atoms with Gasteiger partial charge in [-0.05, 0) is 19.1 Å². The zero-order chi connectivity index (χ0) is 12.1. The van der Waals surface area contributed by atoms with E-state index >= 15 is 0 Å². The Morgan fingerprint density at radius 3 is 2.50 bits per heavy atom. The van der Waals surface area contributed by atoms with Crippen LogP contribution in [0.25, 0.3) is 0 Å². The van der Waals surface area contributed by atoms with Crippen molar-refractivity contribution in [1.82, 2.24) is 0 Å². The van der Waals surface area contributed by atoms with Crippen LogP contribution in [0.2, 0.25) is 10.0 Å². The lowest BCUT2D eigenvalue weighted by Gasteiger charge is -2.18. The molecule has 0 bridgehead atoms. The largest absolute Gasteiger partial charge is 0.409 e. The first-order valence-corrected chi connectivity index (χ1v) is 5.40. The van der Waals surface area contributed by atoms with E-state index in [-0.39, 0.29) is 5.84 Å². The van der Waals surface area contributed by atoms with Gasteiger partial charge in [0.1, 0.15) is 6.10 Å². The molecule has 1 atom stereocenters. The smallest absolute Gasteiger partial charge is 0.173 e. The van der Waals surface area contributed by atoms with Crippen LogP contribution in [0.1, 0.15) is 18.6 Å². The van der Waals surface area contributed by atoms with Crippen molar-refractivity contribution in [2.75, 3.05) is 6.61 Å². The fraction of sp³-hybridized carbons (Fsp3) is 0.300. The fourth-order valence-electron chi connectivity index (χ4n) is 1.30. The van der Waals surface area contributed by atoms with Crippen molar-refractivity contribution in [1.29, 1.82) is 0 Å². The van der Waals surface area contributed by atoms with E-state index in [0.29, 0.717) is 22.2 Å². The molecule has 6 heteroatoms. The molecule has 1 rings (SSSR count). The van der Waals surface area contributed by atoms with Crippen LogP contribution in [0, 0.1) is 0 Å². The molecule has 3 N–H and O–H groups in total. The Balaban J connectivity index is 3.20. The molecule has 4 nitrogen and oxygen atoms in total. The lowest BCUT2D eigenvalue weighted by atomic mass is 10.1. The summed E-state index contributed by atoms with van der Waals surface area (Å²) >= 11 is 12.0. The first-order chi connectivity index (χ1) is 7.61. The van der Waals surface area contributed by atoms with Gasteiger partial charge in [-0.15, -0.1) is 0 Å². The number of benzene rings is 1. The van der Waals surface area contributed by atoms with Crippen molar-refractivity contribution >= 4 is 29.0 Å². The van der Waals surface area contributed by atoms with Gasteiger partial charge in [-0.25, -0.2) is 0 Å². The molecule has 0 spiro atoms. The number of amidine groups is 1. The summed E-state index contributed by atoms with van der Waals surface area (Å²) in [7, 11) is 0. The number of rotatable bonds is 4. The number of hydrogen-bond acceptors (Lipinski definition) is 3. The van der Waals surface area contributed by atoms with E-state index < -0.39 is 6.10 Å². The van der Waals surface area contributed by atoms with Crippen LogP contribution in [-0.2, 0) is 4.74 Å². The third-order valence-electron chi connectivity index (χ3n) is 1.98. The van der Waals surface area contributed by atoms with Crippen molar-refractivity contribution in [3.05, 3.63) is 33.8 Å². The van der Waals surface area contributed by atoms with Gasteiger partial charge in [0.05, 0.1) is 0 Å². The number of halogens is 2. The van der Waals surface area contributed by atoms with Crippen LogP contribution in [0.15, 0.2) is 23.4 Å². The van der Waals surface area contributed by atoms with Gasteiger partial charge in [0.2, 0.25) is 0 Å². The highest BCUT2D eigenvalue weighted by Crippen LogP contribution is 2.32. The normalized spacial score (nSPS) is 13.8. The lowest BCUT2D eigenvalue weighted by Crippen LogP contribution is -2.25. The van der Waals surface area contributed by atoms with Crippen LogP contribution in [0.3, 0.4) is 0 Å². The first-order valence-electron chi connectivity index (χ1n) is 4.64. The van der Waals surface area contributed by atoms with Crippen molar-refractivity contribution in [3.63, 3.8) is 0 Å². The maximum Gasteiger partial charge on any atom is 0.173 e. The second-order valence-electron chi connectivity index (χ2n) is 3.00. The van der Waals surface area contributed by atoms with E-state index in [1.165, 1.54) is 0 Å². The van der Waals surface area contributed by atoms with Crippen molar-refractivity contribution in [3.8, 4) is 0 Å². The highest BCUT2D eigenvalue weighted by atomic mass is 35.5. The Kier molecular flexibility index (Phi) is 4.86. The van der Waals surface area contributed by atoms with Crippen molar-refractivity contribution < 1.29 is 9.94 Å². The molecule has 0 aliphatic carbocycles. The lowest BCUT2D eigenvalue weighted by molar-refractivity contribution is 0.106. The molecular weight excluding hydrogens is 251 g/mol. The van der Waals surface area contributed by atoms with Gasteiger partial charge >= 0.3 is 0 Å². The number of nitrogens with two attached hydrogens (primary N) is 1. The zero-order valence-corrected chi connectivity index (χ0v) is 10.2. The van der Waals surface area contributed by atoms with E-state index in [4.69, 9.17) is 38.9 Å². The number of ether oxygens (including phenoxy) is 1. The Bertz CT molecular complexity index is 376. The van der Waals surface area contributed by atoms with E-state index in [2.05, 4.69) is 5.16 Å². The van der Waals surface area contributed by atoms with Gasteiger partial charge in [-0.3, -0.25) is 0 Å². The minimum absolute atomic E-state index is 0.0862. The fourth-order valence-corrected chi connectivity index (χ4v) is 1.89. The molecular formula is C10H12Cl2N2O2. The molecule has 0 aliphatic rings. The second-order valence-corrected chi connectivity index (χ2v) is 3.81. The summed E-state index contributed by atoms with van der Waals surface area (Å²) in [4.78, 5) is 0. The van der Waals surface area contributed by atoms with Crippen molar-refractivity contribution in [2.45, 2.75) is 13.0 Å². The monoisotopic (exact) mass is 262 g/mol. The Morgan fingerprint density at radius 2 is 2.06 bits per heavy atom. The molecule has 0 radical (unpaired) electrons. The Hall–Kier alpha value is -0.970. The molecule has 0 unspecified atom stereocenters. The standard InChI is InChI=1S/C10H12Cl2N2O2/c1-2-16-9(10(13)14-15)8-6(11)4-3-5-7(8)12/h3-5,9,15H,2H2,1H3,(H2,13,14)/t9-/m0/s1. The summed E-state index contributed by atoms with van der Waals surface area (Å²) in [5.41, 5.74) is 6.03. The molecule has 0 aromatic heterocycles. The molecule has 0 aliphatic heterocycles. The van der Waals surface area contributed by atoms with Crippen LogP contribution < -0.4 is 5.73 Å². The first kappa shape index (κ1) is 13.1. The van der Waals surface area contributed by atoms with Gasteiger partial charge in [-0.1, -0.05) is 34.4 Å². The van der Waals surface area contributed by atoms with Crippen LogP contribution >= 0.6 is 23.2 Å². The molecule has 16 heavy (non-hydrogen) atoms. The summed E-state index contributed by atoms with van der Waals surface area (Å²) in [6.45, 7) is 2.19. The van der Waals surface area contributed by atoms with Gasteiger partial charge in [-0.2, -0.15) is 0 Å². The Labute approximate surface area is 104 Å². The van der Waals surface area contributed by atoms with E-state index in [1.807, 2.05) is 0 Å². The van der Waals surface area contributed by atoms with E-state index in [0.717, 1.165) is 0 Å². The van der Waals surface area contributed by atoms with Crippen LogP contribution in [0.4, 0.5) is 0 Å². The van der Waals surface area contributed by atoms with Crippen LogP contribution in [-0.4, -0.2) is 17.6 Å². The van der Waals surface area contributed by atoms with E-state index in [1.54, 1.807) is 25.1 Å². The van der Waals surface area contributed by atoms with Crippen molar-refractivity contribution in [2.24, 2.45) is 10.9 Å². The molecule has 0 saturated carbocycles. The quantitative estimate of drug-likeness (QED) is 0.380. The topological polar surface area (TPSA) is 67.8 Å². The molecule has 0 fully saturated rings. The third kappa shape index (κ3) is 2.78. The zero-order valence-electron chi connectivity index (χ0n) is 8.65. The highest BCUT2D eigenvalue weighted by Gasteiger charge is 2.22. The van der Waals surface area contributed by atoms with Gasteiger partial charge in [0.25, 0.3) is 0 Å². The minimum Gasteiger partial charge on any atom is -0.409 e. The third-order valence-corrected chi connectivity index (χ3v) is 2.64. The minimum atomic E-state index is -0.740. The highest BCUT2D eigenvalue weighted by molar-refractivity contribution is 6.36. The SMILES string of the molecule is CCO[C@H](/C(N)=N\O)c1c(Cl)cccc1Cl. The average Bonchev–Trinajstić information content (AvgIpc) is 2.26. The van der Waals surface area contributed by atoms with Gasteiger partial charge in [0, 0.05) is 22.2 Å². The maximum absolute atomic E-state index is 8.67. The predicted molar refractivity (Wildman–Crippen MR) is 64.2 cm³/mol. The molecule has 0 amide bonds. The van der Waals surface area contributed by atoms with E-state index in [9.17, 15) is 0 Å². The number of oxime groups is 1. The Morgan fingerprint density at radius 1 is 1.50 bits per heavy atom. The summed E-state index contributed by atoms with van der Waals surface area (Å²) in [6.07, 6.45) is -0.740. The predicted octanol–water partition coefficient (Wildman–Crippen LogP) is 2.82. The maximum atomic E-state index is 8.67. The molecule has 1 aromatic rings. The van der Waals surface area contributed by atoms with Gasteiger partial charge < -0.3 is 15.7 Å². The second kappa shape index (κ2) is 5.94. The summed E-state index contributed by atoms with van der Waals surface area (Å²) in [6, 6.07) is 5.04. The number of nitrogens with zero attached hydrogens (tertiary/aromatic N) is 1.